The Bertz CT molecular complexity index is 622. The molecule has 0 atom stereocenters. The topological polar surface area (TPSA) is 33.0 Å². The summed E-state index contributed by atoms with van der Waals surface area (Å²) in [5.74, 6) is 0.606. The molecule has 0 aromatic heterocycles. The monoisotopic (exact) mass is 289 g/mol. The molecular weight excluding hydrogens is 278 g/mol. The maximum Gasteiger partial charge on any atom is 0.138 e. The van der Waals surface area contributed by atoms with Crippen molar-refractivity contribution in [3.8, 4) is 11.8 Å². The van der Waals surface area contributed by atoms with Gasteiger partial charge in [0.2, 0.25) is 0 Å². The van der Waals surface area contributed by atoms with E-state index in [1.165, 1.54) is 11.8 Å². The number of hydrogen-bond acceptors (Lipinski definition) is 3. The van der Waals surface area contributed by atoms with Crippen molar-refractivity contribution in [2.75, 3.05) is 6.26 Å². The van der Waals surface area contributed by atoms with Gasteiger partial charge in [0.15, 0.2) is 0 Å². The smallest absolute Gasteiger partial charge is 0.138 e. The highest BCUT2D eigenvalue weighted by Crippen LogP contribution is 2.28. The van der Waals surface area contributed by atoms with E-state index in [2.05, 4.69) is 6.07 Å². The first-order valence-corrected chi connectivity index (χ1v) is 7.29. The van der Waals surface area contributed by atoms with E-state index in [-0.39, 0.29) is 0 Å². The summed E-state index contributed by atoms with van der Waals surface area (Å²) in [6.45, 7) is 0.396. The SMILES string of the molecule is CSc1cccc(OCc2cccc(Cl)c2)c1C#N. The number of halogens is 1. The summed E-state index contributed by atoms with van der Waals surface area (Å²) in [7, 11) is 0. The van der Waals surface area contributed by atoms with Crippen molar-refractivity contribution in [2.45, 2.75) is 11.5 Å². The molecule has 0 amide bonds. The van der Waals surface area contributed by atoms with Gasteiger partial charge in [-0.15, -0.1) is 11.8 Å². The average Bonchev–Trinajstić information content (AvgIpc) is 2.44. The molecule has 0 N–H and O–H groups in total. The summed E-state index contributed by atoms with van der Waals surface area (Å²) in [5, 5.41) is 9.89. The summed E-state index contributed by atoms with van der Waals surface area (Å²) in [5.41, 5.74) is 1.56. The van der Waals surface area contributed by atoms with Crippen LogP contribution in [-0.2, 0) is 6.61 Å². The van der Waals surface area contributed by atoms with Crippen LogP contribution in [0.25, 0.3) is 0 Å². The lowest BCUT2D eigenvalue weighted by Gasteiger charge is -2.10. The minimum atomic E-state index is 0.396. The van der Waals surface area contributed by atoms with E-state index in [0.717, 1.165) is 10.5 Å². The van der Waals surface area contributed by atoms with Crippen LogP contribution >= 0.6 is 23.4 Å². The molecule has 0 radical (unpaired) electrons. The Kier molecular flexibility index (Phi) is 4.73. The van der Waals surface area contributed by atoms with E-state index >= 15 is 0 Å². The van der Waals surface area contributed by atoms with E-state index in [4.69, 9.17) is 16.3 Å². The largest absolute Gasteiger partial charge is 0.487 e. The van der Waals surface area contributed by atoms with Gasteiger partial charge in [-0.2, -0.15) is 5.26 Å². The first-order valence-electron chi connectivity index (χ1n) is 5.69. The molecule has 0 spiro atoms. The molecule has 4 heteroatoms. The van der Waals surface area contributed by atoms with Gasteiger partial charge in [-0.1, -0.05) is 29.8 Å². The second kappa shape index (κ2) is 6.51. The molecule has 0 aliphatic carbocycles. The van der Waals surface area contributed by atoms with Gasteiger partial charge in [-0.25, -0.2) is 0 Å². The third kappa shape index (κ3) is 3.44. The summed E-state index contributed by atoms with van der Waals surface area (Å²) in [6, 6.07) is 15.3. The predicted molar refractivity (Wildman–Crippen MR) is 78.7 cm³/mol. The summed E-state index contributed by atoms with van der Waals surface area (Å²) in [6.07, 6.45) is 1.94. The second-order valence-corrected chi connectivity index (χ2v) is 5.15. The first kappa shape index (κ1) is 13.8. The van der Waals surface area contributed by atoms with Gasteiger partial charge in [0.25, 0.3) is 0 Å². The lowest BCUT2D eigenvalue weighted by Crippen LogP contribution is -1.98. The minimum absolute atomic E-state index is 0.396. The molecule has 19 heavy (non-hydrogen) atoms. The van der Waals surface area contributed by atoms with E-state index < -0.39 is 0 Å². The standard InChI is InChI=1S/C15H12ClNOS/c1-19-15-7-3-6-14(13(15)9-17)18-10-11-4-2-5-12(16)8-11/h2-8H,10H2,1H3. The van der Waals surface area contributed by atoms with E-state index in [1.54, 1.807) is 0 Å². The number of rotatable bonds is 4. The Morgan fingerprint density at radius 1 is 1.26 bits per heavy atom. The number of nitriles is 1. The third-order valence-electron chi connectivity index (χ3n) is 2.60. The van der Waals surface area contributed by atoms with Gasteiger partial charge in [-0.3, -0.25) is 0 Å². The highest BCUT2D eigenvalue weighted by Gasteiger charge is 2.08. The van der Waals surface area contributed by atoms with E-state index in [9.17, 15) is 5.26 Å². The molecule has 0 saturated carbocycles. The van der Waals surface area contributed by atoms with Crippen molar-refractivity contribution >= 4 is 23.4 Å². The lowest BCUT2D eigenvalue weighted by atomic mass is 10.2. The highest BCUT2D eigenvalue weighted by molar-refractivity contribution is 7.98. The zero-order valence-corrected chi connectivity index (χ0v) is 12.0. The van der Waals surface area contributed by atoms with Crippen LogP contribution in [0.5, 0.6) is 5.75 Å². The van der Waals surface area contributed by atoms with Crippen LogP contribution in [0.1, 0.15) is 11.1 Å². The average molecular weight is 290 g/mol. The quantitative estimate of drug-likeness (QED) is 0.776. The van der Waals surface area contributed by atoms with Gasteiger partial charge < -0.3 is 4.74 Å². The van der Waals surface area contributed by atoms with Crippen molar-refractivity contribution in [1.82, 2.24) is 0 Å². The summed E-state index contributed by atoms with van der Waals surface area (Å²) >= 11 is 7.46. The fourth-order valence-corrected chi connectivity index (χ4v) is 2.48. The molecule has 0 aliphatic heterocycles. The highest BCUT2D eigenvalue weighted by atomic mass is 35.5. The Balaban J connectivity index is 2.18. The Morgan fingerprint density at radius 3 is 2.74 bits per heavy atom. The third-order valence-corrected chi connectivity index (χ3v) is 3.62. The molecule has 0 fully saturated rings. The number of thioether (sulfide) groups is 1. The molecule has 0 unspecified atom stereocenters. The van der Waals surface area contributed by atoms with E-state index in [0.29, 0.717) is 22.9 Å². The molecule has 0 bridgehead atoms. The Labute approximate surface area is 122 Å². The number of ether oxygens (including phenoxy) is 1. The Morgan fingerprint density at radius 2 is 2.05 bits per heavy atom. The molecule has 2 nitrogen and oxygen atoms in total. The van der Waals surface area contributed by atoms with Gasteiger partial charge in [0.1, 0.15) is 24.0 Å². The van der Waals surface area contributed by atoms with E-state index in [1.807, 2.05) is 48.7 Å². The van der Waals surface area contributed by atoms with Crippen LogP contribution in [0, 0.1) is 11.3 Å². The normalized spacial score (nSPS) is 9.95. The molecule has 0 aliphatic rings. The molecule has 2 aromatic carbocycles. The van der Waals surface area contributed by atoms with Crippen LogP contribution in [0.3, 0.4) is 0 Å². The minimum Gasteiger partial charge on any atom is -0.487 e. The van der Waals surface area contributed by atoms with Gasteiger partial charge >= 0.3 is 0 Å². The number of benzene rings is 2. The zero-order valence-electron chi connectivity index (χ0n) is 10.4. The van der Waals surface area contributed by atoms with Gasteiger partial charge in [-0.05, 0) is 36.1 Å². The van der Waals surface area contributed by atoms with Gasteiger partial charge in [0, 0.05) is 9.92 Å². The van der Waals surface area contributed by atoms with Crippen molar-refractivity contribution < 1.29 is 4.74 Å². The van der Waals surface area contributed by atoms with Crippen LogP contribution in [-0.4, -0.2) is 6.26 Å². The van der Waals surface area contributed by atoms with Crippen LogP contribution < -0.4 is 4.74 Å². The maximum atomic E-state index is 9.21. The predicted octanol–water partition coefficient (Wildman–Crippen LogP) is 4.51. The fraction of sp³-hybridized carbons (Fsp3) is 0.133. The molecule has 2 aromatic rings. The van der Waals surface area contributed by atoms with Gasteiger partial charge in [0.05, 0.1) is 0 Å². The zero-order chi connectivity index (χ0) is 13.7. The molecule has 0 heterocycles. The Hall–Kier alpha value is -1.63. The maximum absolute atomic E-state index is 9.21. The number of hydrogen-bond donors (Lipinski definition) is 0. The first-order chi connectivity index (χ1) is 9.24. The number of nitrogens with zero attached hydrogens (tertiary/aromatic N) is 1. The fourth-order valence-electron chi connectivity index (χ4n) is 1.70. The van der Waals surface area contributed by atoms with Crippen LogP contribution in [0.15, 0.2) is 47.4 Å². The second-order valence-electron chi connectivity index (χ2n) is 3.86. The van der Waals surface area contributed by atoms with Crippen LogP contribution in [0.4, 0.5) is 0 Å². The molecule has 2 rings (SSSR count). The summed E-state index contributed by atoms with van der Waals surface area (Å²) in [4.78, 5) is 0.922. The summed E-state index contributed by atoms with van der Waals surface area (Å²) < 4.78 is 5.72. The lowest BCUT2D eigenvalue weighted by molar-refractivity contribution is 0.304. The van der Waals surface area contributed by atoms with Crippen molar-refractivity contribution in [3.63, 3.8) is 0 Å². The molecule has 96 valence electrons. The molecular formula is C15H12ClNOS. The van der Waals surface area contributed by atoms with Crippen molar-refractivity contribution in [3.05, 3.63) is 58.6 Å². The van der Waals surface area contributed by atoms with Crippen molar-refractivity contribution in [1.29, 1.82) is 5.26 Å². The molecule has 0 saturated heterocycles. The van der Waals surface area contributed by atoms with Crippen molar-refractivity contribution in [2.24, 2.45) is 0 Å². The van der Waals surface area contributed by atoms with Crippen LogP contribution in [0.2, 0.25) is 5.02 Å².